The van der Waals surface area contributed by atoms with Crippen LogP contribution in [0.25, 0.3) is 10.9 Å². The second-order valence-electron chi connectivity index (χ2n) is 4.62. The molecule has 0 spiro atoms. The molecule has 3 rings (SSSR count). The molecular formula is C16H14BrN3. The molecule has 0 unspecified atom stereocenters. The quantitative estimate of drug-likeness (QED) is 0.684. The van der Waals surface area contributed by atoms with Gasteiger partial charge in [0, 0.05) is 30.1 Å². The van der Waals surface area contributed by atoms with Crippen LogP contribution in [0.4, 0.5) is 0 Å². The van der Waals surface area contributed by atoms with Gasteiger partial charge < -0.3 is 0 Å². The van der Waals surface area contributed by atoms with E-state index >= 15 is 0 Å². The Labute approximate surface area is 126 Å². The zero-order valence-corrected chi connectivity index (χ0v) is 12.8. The molecule has 0 aliphatic rings. The Morgan fingerprint density at radius 1 is 1.10 bits per heavy atom. The maximum atomic E-state index is 4.59. The van der Waals surface area contributed by atoms with Gasteiger partial charge in [-0.15, -0.1) is 0 Å². The highest BCUT2D eigenvalue weighted by Crippen LogP contribution is 2.20. The molecular weight excluding hydrogens is 314 g/mol. The van der Waals surface area contributed by atoms with E-state index in [1.165, 1.54) is 10.9 Å². The first kappa shape index (κ1) is 13.2. The van der Waals surface area contributed by atoms with Gasteiger partial charge in [0.1, 0.15) is 10.4 Å². The molecule has 3 nitrogen and oxygen atoms in total. The van der Waals surface area contributed by atoms with E-state index in [-0.39, 0.29) is 0 Å². The van der Waals surface area contributed by atoms with Gasteiger partial charge in [-0.25, -0.2) is 9.97 Å². The summed E-state index contributed by atoms with van der Waals surface area (Å²) in [4.78, 5) is 13.3. The van der Waals surface area contributed by atoms with Crippen LogP contribution in [0.5, 0.6) is 0 Å². The summed E-state index contributed by atoms with van der Waals surface area (Å²) in [5.41, 5.74) is 3.29. The van der Waals surface area contributed by atoms with Gasteiger partial charge in [0.05, 0.1) is 5.52 Å². The maximum absolute atomic E-state index is 4.59. The normalized spacial score (nSPS) is 10.9. The van der Waals surface area contributed by atoms with E-state index in [0.29, 0.717) is 0 Å². The molecule has 4 heteroatoms. The number of hydrogen-bond donors (Lipinski definition) is 0. The fraction of sp³-hybridized carbons (Fsp3) is 0.188. The smallest absolute Gasteiger partial charge is 0.129 e. The third-order valence-electron chi connectivity index (χ3n) is 3.22. The summed E-state index contributed by atoms with van der Waals surface area (Å²) in [7, 11) is 0. The molecule has 0 fully saturated rings. The summed E-state index contributed by atoms with van der Waals surface area (Å²) in [5, 5.41) is 1.18. The van der Waals surface area contributed by atoms with Crippen molar-refractivity contribution in [2.24, 2.45) is 0 Å². The average molecular weight is 328 g/mol. The first-order chi connectivity index (χ1) is 9.76. The minimum Gasteiger partial charge on any atom is -0.256 e. The molecule has 0 bridgehead atoms. The van der Waals surface area contributed by atoms with Gasteiger partial charge in [0.25, 0.3) is 0 Å². The Kier molecular flexibility index (Phi) is 3.74. The Bertz CT molecular complexity index is 750. The summed E-state index contributed by atoms with van der Waals surface area (Å²) in [6.45, 7) is 2.06. The molecule has 3 aromatic rings. The van der Waals surface area contributed by atoms with E-state index in [1.54, 1.807) is 0 Å². The average Bonchev–Trinajstić information content (AvgIpc) is 2.47. The van der Waals surface area contributed by atoms with Crippen LogP contribution in [0.3, 0.4) is 0 Å². The number of nitrogens with zero attached hydrogens (tertiary/aromatic N) is 3. The molecule has 2 heterocycles. The predicted octanol–water partition coefficient (Wildman–Crippen LogP) is 3.94. The molecule has 2 aromatic heterocycles. The molecule has 0 aliphatic heterocycles. The van der Waals surface area contributed by atoms with Crippen LogP contribution < -0.4 is 0 Å². The van der Waals surface area contributed by atoms with Gasteiger partial charge in [-0.05, 0) is 39.7 Å². The van der Waals surface area contributed by atoms with Gasteiger partial charge in [-0.2, -0.15) is 0 Å². The van der Waals surface area contributed by atoms with E-state index in [9.17, 15) is 0 Å². The molecule has 0 N–H and O–H groups in total. The van der Waals surface area contributed by atoms with Gasteiger partial charge in [0.15, 0.2) is 0 Å². The lowest BCUT2D eigenvalue weighted by Crippen LogP contribution is -2.00. The molecule has 1 aromatic carbocycles. The summed E-state index contributed by atoms with van der Waals surface area (Å²) in [6.07, 6.45) is 3.48. The second-order valence-corrected chi connectivity index (χ2v) is 5.43. The molecule has 100 valence electrons. The van der Waals surface area contributed by atoms with Crippen molar-refractivity contribution in [3.63, 3.8) is 0 Å². The van der Waals surface area contributed by atoms with Crippen molar-refractivity contribution in [1.29, 1.82) is 0 Å². The van der Waals surface area contributed by atoms with E-state index in [0.717, 1.165) is 34.5 Å². The van der Waals surface area contributed by atoms with Crippen molar-refractivity contribution >= 4 is 26.8 Å². The van der Waals surface area contributed by atoms with Crippen molar-refractivity contribution in [3.8, 4) is 0 Å². The van der Waals surface area contributed by atoms with Crippen LogP contribution in [0.1, 0.15) is 24.0 Å². The summed E-state index contributed by atoms with van der Waals surface area (Å²) >= 11 is 3.45. The topological polar surface area (TPSA) is 38.7 Å². The van der Waals surface area contributed by atoms with Crippen molar-refractivity contribution < 1.29 is 0 Å². The predicted molar refractivity (Wildman–Crippen MR) is 83.7 cm³/mol. The van der Waals surface area contributed by atoms with Gasteiger partial charge in [-0.3, -0.25) is 4.98 Å². The SMILES string of the molecule is CCc1nc(Br)cc(Cc2ccnc3ccccc23)n1. The van der Waals surface area contributed by atoms with Crippen LogP contribution in [-0.2, 0) is 12.8 Å². The van der Waals surface area contributed by atoms with Crippen molar-refractivity contribution in [2.45, 2.75) is 19.8 Å². The molecule has 0 aliphatic carbocycles. The Morgan fingerprint density at radius 2 is 1.95 bits per heavy atom. The number of rotatable bonds is 3. The number of pyridine rings is 1. The number of fused-ring (bicyclic) bond motifs is 1. The Morgan fingerprint density at radius 3 is 2.80 bits per heavy atom. The lowest BCUT2D eigenvalue weighted by atomic mass is 10.0. The zero-order valence-electron chi connectivity index (χ0n) is 11.2. The number of hydrogen-bond acceptors (Lipinski definition) is 3. The number of benzene rings is 1. The highest BCUT2D eigenvalue weighted by molar-refractivity contribution is 9.10. The minimum absolute atomic E-state index is 0.789. The zero-order chi connectivity index (χ0) is 13.9. The molecule has 0 radical (unpaired) electrons. The summed E-state index contributed by atoms with van der Waals surface area (Å²) in [5.74, 6) is 0.868. The van der Waals surface area contributed by atoms with E-state index in [2.05, 4.69) is 49.9 Å². The number of halogens is 1. The van der Waals surface area contributed by atoms with Crippen LogP contribution >= 0.6 is 15.9 Å². The van der Waals surface area contributed by atoms with Gasteiger partial charge in [-0.1, -0.05) is 25.1 Å². The van der Waals surface area contributed by atoms with Gasteiger partial charge >= 0.3 is 0 Å². The van der Waals surface area contributed by atoms with Crippen molar-refractivity contribution in [1.82, 2.24) is 15.0 Å². The molecule has 0 saturated carbocycles. The number of para-hydroxylation sites is 1. The van der Waals surface area contributed by atoms with Crippen LogP contribution in [0.2, 0.25) is 0 Å². The third kappa shape index (κ3) is 2.70. The van der Waals surface area contributed by atoms with E-state index in [1.807, 2.05) is 30.5 Å². The van der Waals surface area contributed by atoms with Crippen molar-refractivity contribution in [2.75, 3.05) is 0 Å². The standard InChI is InChI=1S/C16H14BrN3/c1-2-16-19-12(10-15(17)20-16)9-11-7-8-18-14-6-4-3-5-13(11)14/h3-8,10H,2,9H2,1H3. The monoisotopic (exact) mass is 327 g/mol. The van der Waals surface area contributed by atoms with E-state index in [4.69, 9.17) is 0 Å². The first-order valence-electron chi connectivity index (χ1n) is 6.61. The Balaban J connectivity index is 2.03. The minimum atomic E-state index is 0.789. The second kappa shape index (κ2) is 5.67. The lowest BCUT2D eigenvalue weighted by Gasteiger charge is -2.07. The van der Waals surface area contributed by atoms with Crippen LogP contribution in [0, 0.1) is 0 Å². The third-order valence-corrected chi connectivity index (χ3v) is 3.63. The number of aromatic nitrogens is 3. The Hall–Kier alpha value is -1.81. The summed E-state index contributed by atoms with van der Waals surface area (Å²) < 4.78 is 0.845. The summed E-state index contributed by atoms with van der Waals surface area (Å²) in [6, 6.07) is 12.2. The van der Waals surface area contributed by atoms with Crippen molar-refractivity contribution in [3.05, 3.63) is 64.3 Å². The molecule has 20 heavy (non-hydrogen) atoms. The van der Waals surface area contributed by atoms with E-state index < -0.39 is 0 Å². The highest BCUT2D eigenvalue weighted by atomic mass is 79.9. The number of aryl methyl sites for hydroxylation is 1. The van der Waals surface area contributed by atoms with Gasteiger partial charge in [0.2, 0.25) is 0 Å². The lowest BCUT2D eigenvalue weighted by molar-refractivity contribution is 0.887. The molecule has 0 saturated heterocycles. The fourth-order valence-electron chi connectivity index (χ4n) is 2.27. The fourth-order valence-corrected chi connectivity index (χ4v) is 2.74. The largest absolute Gasteiger partial charge is 0.256 e. The first-order valence-corrected chi connectivity index (χ1v) is 7.40. The highest BCUT2D eigenvalue weighted by Gasteiger charge is 2.06. The van der Waals surface area contributed by atoms with Crippen LogP contribution in [0.15, 0.2) is 47.2 Å². The molecule has 0 amide bonds. The van der Waals surface area contributed by atoms with Crippen LogP contribution in [-0.4, -0.2) is 15.0 Å². The molecule has 0 atom stereocenters. The maximum Gasteiger partial charge on any atom is 0.129 e.